The van der Waals surface area contributed by atoms with Crippen LogP contribution in [0.4, 0.5) is 11.4 Å². The smallest absolute Gasteiger partial charge is 0.348 e. The van der Waals surface area contributed by atoms with Crippen LogP contribution >= 0.6 is 15.9 Å². The van der Waals surface area contributed by atoms with Crippen molar-refractivity contribution in [2.75, 3.05) is 64.2 Å². The Labute approximate surface area is 404 Å². The maximum absolute atomic E-state index is 13.2. The molecule has 9 rings (SSSR count). The number of amides is 2. The molecule has 2 amide bonds. The third-order valence-electron chi connectivity index (χ3n) is 11.2. The molecule has 17 heteroatoms. The number of rotatable bonds is 17. The predicted molar refractivity (Wildman–Crippen MR) is 274 cm³/mol. The van der Waals surface area contributed by atoms with Crippen molar-refractivity contribution in [2.24, 2.45) is 0 Å². The van der Waals surface area contributed by atoms with Crippen molar-refractivity contribution in [3.8, 4) is 33.6 Å². The number of halogens is 1. The van der Waals surface area contributed by atoms with Gasteiger partial charge in [-0.1, -0.05) is 90.4 Å². The van der Waals surface area contributed by atoms with Gasteiger partial charge < -0.3 is 39.6 Å². The highest BCUT2D eigenvalue weighted by Gasteiger charge is 2.22. The van der Waals surface area contributed by atoms with Crippen LogP contribution in [0.3, 0.4) is 0 Å². The number of benzene rings is 5. The van der Waals surface area contributed by atoms with Crippen LogP contribution in [0.2, 0.25) is 0 Å². The molecule has 0 aliphatic rings. The highest BCUT2D eigenvalue weighted by Crippen LogP contribution is 2.37. The van der Waals surface area contributed by atoms with Crippen molar-refractivity contribution in [2.45, 2.75) is 26.9 Å². The van der Waals surface area contributed by atoms with Crippen molar-refractivity contribution >= 4 is 83.3 Å². The number of anilines is 2. The van der Waals surface area contributed by atoms with Crippen LogP contribution < -0.4 is 32.6 Å². The number of furan rings is 2. The molecule has 0 aliphatic carbocycles. The molecular weight excluding hydrogens is 945 g/mol. The maximum atomic E-state index is 13.2. The van der Waals surface area contributed by atoms with Crippen molar-refractivity contribution in [3.05, 3.63) is 141 Å². The fourth-order valence-electron chi connectivity index (χ4n) is 7.89. The molecular formula is C52H51BrN8O8. The Morgan fingerprint density at radius 3 is 1.49 bits per heavy atom. The lowest BCUT2D eigenvalue weighted by Gasteiger charge is -2.10. The lowest BCUT2D eigenvalue weighted by molar-refractivity contribution is -0.116. The fraction of sp³-hybridized carbons (Fsp3) is 0.231. The van der Waals surface area contributed by atoms with E-state index in [4.69, 9.17) is 18.3 Å². The summed E-state index contributed by atoms with van der Waals surface area (Å²) >= 11 is 3.47. The summed E-state index contributed by atoms with van der Waals surface area (Å²) in [6.45, 7) is 7.26. The molecule has 4 heterocycles. The molecule has 4 aromatic heterocycles. The Hall–Kier alpha value is -7.28. The number of hydrogen-bond donors (Lipinski definition) is 4. The Bertz CT molecular complexity index is 3380. The van der Waals surface area contributed by atoms with Gasteiger partial charge in [0.05, 0.1) is 39.4 Å². The molecule has 0 radical (unpaired) electrons. The average Bonchev–Trinajstić information content (AvgIpc) is 3.93. The summed E-state index contributed by atoms with van der Waals surface area (Å²) in [6.07, 6.45) is 0. The second kappa shape index (κ2) is 22.2. The van der Waals surface area contributed by atoms with Gasteiger partial charge in [0.25, 0.3) is 0 Å². The van der Waals surface area contributed by atoms with Gasteiger partial charge in [0, 0.05) is 52.0 Å². The van der Waals surface area contributed by atoms with Crippen LogP contribution in [0.15, 0.2) is 138 Å². The van der Waals surface area contributed by atoms with E-state index >= 15 is 0 Å². The first-order valence-corrected chi connectivity index (χ1v) is 23.2. The Balaban J connectivity index is 0.000000188. The number of methoxy groups -OCH3 is 2. The third-order valence-corrected chi connectivity index (χ3v) is 11.7. The molecule has 0 fully saturated rings. The van der Waals surface area contributed by atoms with Gasteiger partial charge in [-0.05, 0) is 78.8 Å². The van der Waals surface area contributed by atoms with Crippen LogP contribution in [0.25, 0.3) is 77.8 Å². The van der Waals surface area contributed by atoms with Gasteiger partial charge in [0.2, 0.25) is 11.8 Å². The highest BCUT2D eigenvalue weighted by atomic mass is 79.9. The van der Waals surface area contributed by atoms with Crippen molar-refractivity contribution in [3.63, 3.8) is 0 Å². The highest BCUT2D eigenvalue weighted by molar-refractivity contribution is 9.10. The number of carbonyl (C=O) groups is 2. The number of likely N-dealkylation sites (N-methyl/N-ethyl adjacent to an activating group) is 2. The molecule has 0 spiro atoms. The summed E-state index contributed by atoms with van der Waals surface area (Å²) in [4.78, 5) is 58.8. The van der Waals surface area contributed by atoms with Gasteiger partial charge in [-0.3, -0.25) is 18.7 Å². The topological polar surface area (TPSA) is 197 Å². The summed E-state index contributed by atoms with van der Waals surface area (Å²) in [5, 5.41) is 13.3. The van der Waals surface area contributed by atoms with Gasteiger partial charge in [0.15, 0.2) is 11.2 Å². The van der Waals surface area contributed by atoms with E-state index in [2.05, 4.69) is 47.2 Å². The standard InChI is InChI=1S/C29H28N4O4.C23H23BrN4O4/c1-3-30-18-25(34)31-22-12-9-20(10-13-22)26-28-27(33(15-16-36-2)29(35)32-26)23-14-11-21(17-24(23)37-28)19-7-5-4-6-8-19;1-3-25-13-19(29)26-16-7-4-14(5-8-16)20-22-21(28(10-11-31-2)23(30)27-20)17-9-6-15(24)12-18(17)32-22/h4-14,17,30H,3,15-16,18H2,1-2H3,(H,31,34);4-9,12,25H,3,10-11,13H2,1-2H3,(H,26,29). The van der Waals surface area contributed by atoms with Gasteiger partial charge in [-0.15, -0.1) is 0 Å². The van der Waals surface area contributed by atoms with Crippen molar-refractivity contribution < 1.29 is 27.9 Å². The van der Waals surface area contributed by atoms with Gasteiger partial charge in [-0.25, -0.2) is 9.59 Å². The largest absolute Gasteiger partial charge is 0.452 e. The Morgan fingerprint density at radius 1 is 0.580 bits per heavy atom. The van der Waals surface area contributed by atoms with E-state index in [0.717, 1.165) is 32.9 Å². The summed E-state index contributed by atoms with van der Waals surface area (Å²) in [7, 11) is 3.19. The molecule has 0 saturated heterocycles. The summed E-state index contributed by atoms with van der Waals surface area (Å²) in [5.74, 6) is -0.244. The predicted octanol–water partition coefficient (Wildman–Crippen LogP) is 8.44. The quantitative estimate of drug-likeness (QED) is 0.0681. The molecule has 16 nitrogen and oxygen atoms in total. The molecule has 69 heavy (non-hydrogen) atoms. The number of fused-ring (bicyclic) bond motifs is 6. The molecule has 0 bridgehead atoms. The first-order chi connectivity index (χ1) is 33.6. The first kappa shape index (κ1) is 48.2. The van der Waals surface area contributed by atoms with E-state index < -0.39 is 0 Å². The summed E-state index contributed by atoms with van der Waals surface area (Å²) < 4.78 is 27.0. The lowest BCUT2D eigenvalue weighted by Crippen LogP contribution is -2.27. The molecule has 5 aromatic carbocycles. The number of ether oxygens (including phenoxy) is 2. The second-order valence-corrected chi connectivity index (χ2v) is 16.8. The number of carbonyl (C=O) groups excluding carboxylic acids is 2. The van der Waals surface area contributed by atoms with E-state index in [0.29, 0.717) is 100 Å². The van der Waals surface area contributed by atoms with Gasteiger partial charge in [-0.2, -0.15) is 9.97 Å². The summed E-state index contributed by atoms with van der Waals surface area (Å²) in [5.41, 5.74) is 8.75. The van der Waals surface area contributed by atoms with E-state index in [1.165, 1.54) is 0 Å². The molecule has 0 aliphatic heterocycles. The number of hydrogen-bond acceptors (Lipinski definition) is 12. The Morgan fingerprint density at radius 2 is 1.03 bits per heavy atom. The van der Waals surface area contributed by atoms with E-state index in [1.807, 2.05) is 105 Å². The molecule has 0 saturated carbocycles. The molecule has 0 atom stereocenters. The van der Waals surface area contributed by atoms with E-state index in [9.17, 15) is 19.2 Å². The minimum atomic E-state index is -0.377. The minimum Gasteiger partial charge on any atom is -0.452 e. The SMILES string of the molecule is CCNCC(=O)Nc1ccc(-c2nc(=O)n(CCOC)c3c2oc2cc(-c4ccccc4)ccc23)cc1.CCNCC(=O)Nc1ccc(-c2nc(=O)n(CCOC)c3c2oc2cc(Br)ccc23)cc1. The van der Waals surface area contributed by atoms with Crippen molar-refractivity contribution in [1.82, 2.24) is 29.7 Å². The molecule has 0 unspecified atom stereocenters. The van der Waals surface area contributed by atoms with E-state index in [1.54, 1.807) is 47.6 Å². The molecule has 9 aromatic rings. The maximum Gasteiger partial charge on any atom is 0.348 e. The van der Waals surface area contributed by atoms with E-state index in [-0.39, 0.29) is 36.3 Å². The molecule has 354 valence electrons. The second-order valence-electron chi connectivity index (χ2n) is 15.9. The molecule has 4 N–H and O–H groups in total. The zero-order valence-corrected chi connectivity index (χ0v) is 40.1. The normalized spacial score (nSPS) is 11.3. The minimum absolute atomic E-state index is 0.122. The van der Waals surface area contributed by atoms with Crippen molar-refractivity contribution in [1.29, 1.82) is 0 Å². The van der Waals surface area contributed by atoms with Crippen LogP contribution in [0.1, 0.15) is 13.8 Å². The fourth-order valence-corrected chi connectivity index (χ4v) is 8.23. The average molecular weight is 996 g/mol. The zero-order valence-electron chi connectivity index (χ0n) is 38.6. The Kier molecular flexibility index (Phi) is 15.5. The number of nitrogens with one attached hydrogen (secondary N) is 4. The lowest BCUT2D eigenvalue weighted by atomic mass is 10.0. The third kappa shape index (κ3) is 10.9. The van der Waals surface area contributed by atoms with Crippen LogP contribution in [0, 0.1) is 0 Å². The van der Waals surface area contributed by atoms with Gasteiger partial charge >= 0.3 is 11.4 Å². The zero-order chi connectivity index (χ0) is 48.4. The first-order valence-electron chi connectivity index (χ1n) is 22.5. The van der Waals surface area contributed by atoms with Crippen LogP contribution in [0.5, 0.6) is 0 Å². The van der Waals surface area contributed by atoms with Crippen LogP contribution in [-0.4, -0.2) is 84.5 Å². The summed E-state index contributed by atoms with van der Waals surface area (Å²) in [6, 6.07) is 36.2. The number of nitrogens with zero attached hydrogens (tertiary/aromatic N) is 4. The van der Waals surface area contributed by atoms with Gasteiger partial charge in [0.1, 0.15) is 33.6 Å². The van der Waals surface area contributed by atoms with Crippen LogP contribution in [-0.2, 0) is 32.2 Å². The monoisotopic (exact) mass is 994 g/mol. The number of aromatic nitrogens is 4.